The van der Waals surface area contributed by atoms with E-state index in [-0.39, 0.29) is 10.8 Å². The molecule has 1 heterocycles. The van der Waals surface area contributed by atoms with Crippen LogP contribution < -0.4 is 5.73 Å². The Hall–Kier alpha value is -2.17. The fourth-order valence-electron chi connectivity index (χ4n) is 1.80. The lowest BCUT2D eigenvalue weighted by atomic mass is 10.1. The molecular formula is C14H11N3S. The van der Waals surface area contributed by atoms with Crippen molar-refractivity contribution in [3.8, 4) is 12.1 Å². The number of hydrogen-bond donors (Lipinski definition) is 1. The van der Waals surface area contributed by atoms with Crippen LogP contribution in [0.4, 0.5) is 5.69 Å². The lowest BCUT2D eigenvalue weighted by Gasteiger charge is -2.11. The molecule has 88 valence electrons. The van der Waals surface area contributed by atoms with Crippen LogP contribution in [0.25, 0.3) is 0 Å². The number of nitrogens with zero attached hydrogens (tertiary/aromatic N) is 2. The minimum Gasteiger partial charge on any atom is -0.399 e. The molecule has 1 aromatic carbocycles. The zero-order chi connectivity index (χ0) is 13.1. The summed E-state index contributed by atoms with van der Waals surface area (Å²) in [6, 6.07) is 11.5. The van der Waals surface area contributed by atoms with Gasteiger partial charge in [-0.15, -0.1) is 11.8 Å². The predicted octanol–water partition coefficient (Wildman–Crippen LogP) is 3.30. The Morgan fingerprint density at radius 2 is 1.83 bits per heavy atom. The summed E-state index contributed by atoms with van der Waals surface area (Å²) < 4.78 is 0. The predicted molar refractivity (Wildman–Crippen MR) is 73.2 cm³/mol. The Bertz CT molecular complexity index is 596. The van der Waals surface area contributed by atoms with Crippen LogP contribution in [0.15, 0.2) is 46.4 Å². The Morgan fingerprint density at radius 3 is 2.39 bits per heavy atom. The second-order valence-corrected chi connectivity index (χ2v) is 5.16. The molecule has 0 spiro atoms. The van der Waals surface area contributed by atoms with E-state index in [1.807, 2.05) is 49.4 Å². The zero-order valence-electron chi connectivity index (χ0n) is 9.84. The van der Waals surface area contributed by atoms with Crippen molar-refractivity contribution in [3.63, 3.8) is 0 Å². The van der Waals surface area contributed by atoms with Crippen LogP contribution in [0.1, 0.15) is 17.7 Å². The van der Waals surface area contributed by atoms with Gasteiger partial charge in [-0.1, -0.05) is 17.7 Å². The summed E-state index contributed by atoms with van der Waals surface area (Å²) in [5.41, 5.74) is 8.84. The quantitative estimate of drug-likeness (QED) is 0.615. The number of rotatable bonds is 1. The number of hydrogen-bond acceptors (Lipinski definition) is 4. The van der Waals surface area contributed by atoms with E-state index in [1.54, 1.807) is 0 Å². The molecule has 0 saturated heterocycles. The summed E-state index contributed by atoms with van der Waals surface area (Å²) in [5.74, 6) is 0. The van der Waals surface area contributed by atoms with E-state index in [0.29, 0.717) is 0 Å². The first kappa shape index (κ1) is 12.3. The molecule has 1 unspecified atom stereocenters. The molecule has 0 amide bonds. The van der Waals surface area contributed by atoms with E-state index >= 15 is 0 Å². The zero-order valence-corrected chi connectivity index (χ0v) is 10.7. The molecule has 1 aromatic rings. The molecule has 4 heteroatoms. The van der Waals surface area contributed by atoms with E-state index in [0.717, 1.165) is 21.7 Å². The molecule has 0 aliphatic carbocycles. The number of nitrogen functional groups attached to an aromatic ring is 1. The first-order chi connectivity index (χ1) is 8.65. The van der Waals surface area contributed by atoms with Gasteiger partial charge in [0.1, 0.15) is 17.7 Å². The molecule has 1 aliphatic heterocycles. The molecule has 0 aromatic heterocycles. The normalized spacial score (nSPS) is 17.8. The highest BCUT2D eigenvalue weighted by Crippen LogP contribution is 2.47. The van der Waals surface area contributed by atoms with Crippen LogP contribution in [0.2, 0.25) is 0 Å². The number of nitrogens with two attached hydrogens (primary N) is 1. The van der Waals surface area contributed by atoms with Crippen molar-refractivity contribution < 1.29 is 0 Å². The average Bonchev–Trinajstić information content (AvgIpc) is 2.74. The maximum absolute atomic E-state index is 8.88. The lowest BCUT2D eigenvalue weighted by Crippen LogP contribution is -1.92. The molecule has 3 nitrogen and oxygen atoms in total. The van der Waals surface area contributed by atoms with Gasteiger partial charge in [0.2, 0.25) is 0 Å². The fraction of sp³-hybridized carbons (Fsp3) is 0.143. The van der Waals surface area contributed by atoms with Gasteiger partial charge in [0.05, 0.1) is 5.25 Å². The maximum Gasteiger partial charge on any atom is 0.143 e. The number of thioether (sulfide) groups is 1. The molecule has 2 N–H and O–H groups in total. The van der Waals surface area contributed by atoms with Gasteiger partial charge in [0, 0.05) is 10.6 Å². The van der Waals surface area contributed by atoms with Crippen LogP contribution in [0.3, 0.4) is 0 Å². The van der Waals surface area contributed by atoms with Gasteiger partial charge in [-0.05, 0) is 30.7 Å². The third kappa shape index (κ3) is 2.25. The number of anilines is 1. The van der Waals surface area contributed by atoms with E-state index < -0.39 is 0 Å². The van der Waals surface area contributed by atoms with Gasteiger partial charge in [-0.2, -0.15) is 10.5 Å². The van der Waals surface area contributed by atoms with Gasteiger partial charge >= 0.3 is 0 Å². The Kier molecular flexibility index (Phi) is 3.41. The van der Waals surface area contributed by atoms with Crippen molar-refractivity contribution in [2.45, 2.75) is 12.2 Å². The van der Waals surface area contributed by atoms with Crippen molar-refractivity contribution in [3.05, 3.63) is 52.0 Å². The third-order valence-electron chi connectivity index (χ3n) is 2.73. The number of benzene rings is 1. The molecular weight excluding hydrogens is 242 g/mol. The molecule has 1 atom stereocenters. The number of nitriles is 2. The summed E-state index contributed by atoms with van der Waals surface area (Å²) in [7, 11) is 0. The van der Waals surface area contributed by atoms with Crippen molar-refractivity contribution in [1.82, 2.24) is 0 Å². The van der Waals surface area contributed by atoms with Crippen LogP contribution in [-0.4, -0.2) is 0 Å². The van der Waals surface area contributed by atoms with E-state index in [9.17, 15) is 0 Å². The molecule has 18 heavy (non-hydrogen) atoms. The summed E-state index contributed by atoms with van der Waals surface area (Å²) in [6.07, 6.45) is 1.91. The van der Waals surface area contributed by atoms with E-state index in [2.05, 4.69) is 0 Å². The van der Waals surface area contributed by atoms with Crippen LogP contribution in [0.5, 0.6) is 0 Å². The molecule has 0 saturated carbocycles. The van der Waals surface area contributed by atoms with Crippen LogP contribution in [-0.2, 0) is 0 Å². The van der Waals surface area contributed by atoms with Gasteiger partial charge in [-0.25, -0.2) is 0 Å². The lowest BCUT2D eigenvalue weighted by molar-refractivity contribution is 1.13. The summed E-state index contributed by atoms with van der Waals surface area (Å²) in [6.45, 7) is 2.01. The molecule has 0 bridgehead atoms. The SMILES string of the molecule is CC1=CC(=C(C#N)C#N)SC1c1ccc(N)cc1. The fourth-order valence-corrected chi connectivity index (χ4v) is 3.07. The third-order valence-corrected chi connectivity index (χ3v) is 4.18. The van der Waals surface area contributed by atoms with Gasteiger partial charge in [0.25, 0.3) is 0 Å². The minimum atomic E-state index is 0.164. The van der Waals surface area contributed by atoms with E-state index in [1.165, 1.54) is 11.8 Å². The highest BCUT2D eigenvalue weighted by Gasteiger charge is 2.24. The van der Waals surface area contributed by atoms with Gasteiger partial charge in [-0.3, -0.25) is 0 Å². The second-order valence-electron chi connectivity index (χ2n) is 4.02. The van der Waals surface area contributed by atoms with Crippen molar-refractivity contribution in [2.24, 2.45) is 0 Å². The molecule has 0 fully saturated rings. The largest absolute Gasteiger partial charge is 0.399 e. The summed E-state index contributed by atoms with van der Waals surface area (Å²) in [5, 5.41) is 17.9. The smallest absolute Gasteiger partial charge is 0.143 e. The van der Waals surface area contributed by atoms with Crippen molar-refractivity contribution in [1.29, 1.82) is 10.5 Å². The summed E-state index contributed by atoms with van der Waals surface area (Å²) in [4.78, 5) is 0.749. The van der Waals surface area contributed by atoms with E-state index in [4.69, 9.17) is 16.3 Å². The molecule has 2 rings (SSSR count). The van der Waals surface area contributed by atoms with Crippen LogP contribution >= 0.6 is 11.8 Å². The summed E-state index contributed by atoms with van der Waals surface area (Å²) >= 11 is 1.54. The topological polar surface area (TPSA) is 73.6 Å². The molecule has 1 aliphatic rings. The number of allylic oxidation sites excluding steroid dienone is 2. The van der Waals surface area contributed by atoms with Crippen molar-refractivity contribution in [2.75, 3.05) is 5.73 Å². The Labute approximate surface area is 110 Å². The average molecular weight is 253 g/mol. The first-order valence-electron chi connectivity index (χ1n) is 5.40. The monoisotopic (exact) mass is 253 g/mol. The van der Waals surface area contributed by atoms with Crippen LogP contribution in [0, 0.1) is 22.7 Å². The highest BCUT2D eigenvalue weighted by molar-refractivity contribution is 8.04. The second kappa shape index (κ2) is 5.00. The Balaban J connectivity index is 2.34. The Morgan fingerprint density at radius 1 is 1.22 bits per heavy atom. The van der Waals surface area contributed by atoms with Gasteiger partial charge < -0.3 is 5.73 Å². The van der Waals surface area contributed by atoms with Crippen molar-refractivity contribution >= 4 is 17.4 Å². The maximum atomic E-state index is 8.88. The standard InChI is InChI=1S/C14H11N3S/c1-9-6-13(11(7-15)8-16)18-14(9)10-2-4-12(17)5-3-10/h2-6,14H,17H2,1H3. The van der Waals surface area contributed by atoms with Gasteiger partial charge in [0.15, 0.2) is 0 Å². The minimum absolute atomic E-state index is 0.164. The highest BCUT2D eigenvalue weighted by atomic mass is 32.2. The first-order valence-corrected chi connectivity index (χ1v) is 6.28. The molecule has 0 radical (unpaired) electrons.